The lowest BCUT2D eigenvalue weighted by Gasteiger charge is -2.12. The number of thiophene rings is 1. The summed E-state index contributed by atoms with van der Waals surface area (Å²) in [5.41, 5.74) is 5.73. The van der Waals surface area contributed by atoms with Gasteiger partial charge in [0.1, 0.15) is 0 Å². The van der Waals surface area contributed by atoms with Crippen molar-refractivity contribution in [1.29, 1.82) is 0 Å². The van der Waals surface area contributed by atoms with Crippen LogP contribution in [0.2, 0.25) is 0 Å². The molecule has 68 valence electrons. The molecule has 1 nitrogen and oxygen atoms in total. The van der Waals surface area contributed by atoms with Crippen molar-refractivity contribution in [1.82, 2.24) is 0 Å². The molecule has 2 atom stereocenters. The van der Waals surface area contributed by atoms with Crippen molar-refractivity contribution >= 4 is 11.3 Å². The van der Waals surface area contributed by atoms with E-state index in [0.29, 0.717) is 12.0 Å². The van der Waals surface area contributed by atoms with Crippen molar-refractivity contribution in [3.63, 3.8) is 0 Å². The second-order valence-electron chi connectivity index (χ2n) is 3.60. The Hall–Kier alpha value is -0.340. The summed E-state index contributed by atoms with van der Waals surface area (Å²) in [4.78, 5) is 1.48. The van der Waals surface area contributed by atoms with E-state index in [0.717, 1.165) is 6.42 Å². The summed E-state index contributed by atoms with van der Waals surface area (Å²) in [5.74, 6) is 0.712. The van der Waals surface area contributed by atoms with E-state index in [1.54, 1.807) is 0 Å². The van der Waals surface area contributed by atoms with E-state index in [4.69, 9.17) is 5.73 Å². The Bertz CT molecular complexity index is 204. The first-order chi connectivity index (χ1) is 5.68. The summed E-state index contributed by atoms with van der Waals surface area (Å²) in [6, 6.07) is 4.64. The molecule has 1 heterocycles. The summed E-state index contributed by atoms with van der Waals surface area (Å²) in [6.07, 6.45) is 2.30. The maximum Gasteiger partial charge on any atom is 0.00478 e. The Balaban J connectivity index is 2.32. The lowest BCUT2D eigenvalue weighted by molar-refractivity contribution is 0.482. The molecule has 0 aliphatic carbocycles. The smallest absolute Gasteiger partial charge is 0.00478 e. The van der Waals surface area contributed by atoms with E-state index in [1.165, 1.54) is 11.3 Å². The predicted molar refractivity (Wildman–Crippen MR) is 55.5 cm³/mol. The van der Waals surface area contributed by atoms with Crippen LogP contribution in [0.4, 0.5) is 0 Å². The third-order valence-corrected chi connectivity index (χ3v) is 2.80. The molecule has 1 aromatic heterocycles. The zero-order valence-corrected chi connectivity index (χ0v) is 8.60. The lowest BCUT2D eigenvalue weighted by Crippen LogP contribution is -2.19. The maximum atomic E-state index is 5.73. The Labute approximate surface area is 78.6 Å². The molecular formula is C10H17NS. The van der Waals surface area contributed by atoms with Gasteiger partial charge >= 0.3 is 0 Å². The Morgan fingerprint density at radius 1 is 1.50 bits per heavy atom. The van der Waals surface area contributed by atoms with Gasteiger partial charge < -0.3 is 5.73 Å². The molecule has 2 unspecified atom stereocenters. The highest BCUT2D eigenvalue weighted by molar-refractivity contribution is 7.09. The first-order valence-electron chi connectivity index (χ1n) is 4.46. The van der Waals surface area contributed by atoms with Crippen LogP contribution >= 0.6 is 11.3 Å². The number of nitrogens with two attached hydrogens (primary N) is 1. The molecule has 0 amide bonds. The van der Waals surface area contributed by atoms with Crippen LogP contribution in [0.3, 0.4) is 0 Å². The molecule has 0 aliphatic rings. The van der Waals surface area contributed by atoms with E-state index < -0.39 is 0 Å². The fourth-order valence-electron chi connectivity index (χ4n) is 1.49. The van der Waals surface area contributed by atoms with Crippen LogP contribution in [0.1, 0.15) is 25.1 Å². The van der Waals surface area contributed by atoms with E-state index >= 15 is 0 Å². The van der Waals surface area contributed by atoms with Crippen molar-refractivity contribution in [3.8, 4) is 0 Å². The molecule has 0 saturated heterocycles. The van der Waals surface area contributed by atoms with E-state index in [2.05, 4.69) is 31.4 Å². The largest absolute Gasteiger partial charge is 0.328 e. The van der Waals surface area contributed by atoms with Crippen LogP contribution in [0.15, 0.2) is 17.5 Å². The van der Waals surface area contributed by atoms with Gasteiger partial charge in [-0.25, -0.2) is 0 Å². The molecule has 2 N–H and O–H groups in total. The van der Waals surface area contributed by atoms with Gasteiger partial charge in [-0.2, -0.15) is 0 Å². The predicted octanol–water partition coefficient (Wildman–Crippen LogP) is 2.66. The molecule has 0 radical (unpaired) electrons. The third kappa shape index (κ3) is 3.37. The summed E-state index contributed by atoms with van der Waals surface area (Å²) >= 11 is 1.84. The van der Waals surface area contributed by atoms with Crippen LogP contribution in [-0.4, -0.2) is 6.04 Å². The van der Waals surface area contributed by atoms with Gasteiger partial charge in [0, 0.05) is 10.9 Å². The minimum atomic E-state index is 0.333. The Morgan fingerprint density at radius 3 is 2.75 bits per heavy atom. The highest BCUT2D eigenvalue weighted by atomic mass is 32.1. The summed E-state index contributed by atoms with van der Waals surface area (Å²) in [5, 5.41) is 2.13. The number of rotatable bonds is 4. The van der Waals surface area contributed by atoms with Gasteiger partial charge in [0.15, 0.2) is 0 Å². The van der Waals surface area contributed by atoms with Crippen LogP contribution in [0.25, 0.3) is 0 Å². The molecule has 0 bridgehead atoms. The topological polar surface area (TPSA) is 26.0 Å². The zero-order valence-electron chi connectivity index (χ0n) is 7.79. The monoisotopic (exact) mass is 183 g/mol. The average Bonchev–Trinajstić information content (AvgIpc) is 2.37. The average molecular weight is 183 g/mol. The second kappa shape index (κ2) is 4.63. The molecule has 12 heavy (non-hydrogen) atoms. The van der Waals surface area contributed by atoms with Crippen LogP contribution in [-0.2, 0) is 6.42 Å². The molecule has 0 fully saturated rings. The fraction of sp³-hybridized carbons (Fsp3) is 0.600. The quantitative estimate of drug-likeness (QED) is 0.763. The van der Waals surface area contributed by atoms with E-state index in [-0.39, 0.29) is 0 Å². The SMILES string of the molecule is CC(N)CC(C)Cc1cccs1. The minimum Gasteiger partial charge on any atom is -0.328 e. The van der Waals surface area contributed by atoms with Crippen LogP contribution in [0.5, 0.6) is 0 Å². The summed E-state index contributed by atoms with van der Waals surface area (Å²) in [6.45, 7) is 4.34. The highest BCUT2D eigenvalue weighted by Gasteiger charge is 2.06. The molecule has 1 rings (SSSR count). The van der Waals surface area contributed by atoms with E-state index in [1.807, 2.05) is 11.3 Å². The molecule has 0 aromatic carbocycles. The van der Waals surface area contributed by atoms with Gasteiger partial charge in [-0.05, 0) is 37.1 Å². The van der Waals surface area contributed by atoms with E-state index in [9.17, 15) is 0 Å². The molecule has 0 aliphatic heterocycles. The van der Waals surface area contributed by atoms with Crippen LogP contribution < -0.4 is 5.73 Å². The lowest BCUT2D eigenvalue weighted by atomic mass is 9.99. The van der Waals surface area contributed by atoms with Gasteiger partial charge in [-0.3, -0.25) is 0 Å². The van der Waals surface area contributed by atoms with Crippen molar-refractivity contribution in [2.24, 2.45) is 11.7 Å². The van der Waals surface area contributed by atoms with Gasteiger partial charge in [-0.1, -0.05) is 13.0 Å². The molecule has 0 spiro atoms. The number of hydrogen-bond acceptors (Lipinski definition) is 2. The highest BCUT2D eigenvalue weighted by Crippen LogP contribution is 2.16. The standard InChI is InChI=1S/C10H17NS/c1-8(6-9(2)11)7-10-4-3-5-12-10/h3-5,8-9H,6-7,11H2,1-2H3. The maximum absolute atomic E-state index is 5.73. The first-order valence-corrected chi connectivity index (χ1v) is 5.34. The van der Waals surface area contributed by atoms with Crippen molar-refractivity contribution in [3.05, 3.63) is 22.4 Å². The first kappa shape index (κ1) is 9.75. The second-order valence-corrected chi connectivity index (χ2v) is 4.63. The Morgan fingerprint density at radius 2 is 2.25 bits per heavy atom. The number of hydrogen-bond donors (Lipinski definition) is 1. The Kier molecular flexibility index (Phi) is 3.76. The van der Waals surface area contributed by atoms with Gasteiger partial charge in [0.25, 0.3) is 0 Å². The summed E-state index contributed by atoms with van der Waals surface area (Å²) in [7, 11) is 0. The third-order valence-electron chi connectivity index (χ3n) is 1.90. The van der Waals surface area contributed by atoms with Crippen molar-refractivity contribution in [2.75, 3.05) is 0 Å². The fourth-order valence-corrected chi connectivity index (χ4v) is 2.36. The molecule has 2 heteroatoms. The zero-order chi connectivity index (χ0) is 8.97. The van der Waals surface area contributed by atoms with Gasteiger partial charge in [-0.15, -0.1) is 11.3 Å². The van der Waals surface area contributed by atoms with Gasteiger partial charge in [0.05, 0.1) is 0 Å². The molecular weight excluding hydrogens is 166 g/mol. The van der Waals surface area contributed by atoms with Gasteiger partial charge in [0.2, 0.25) is 0 Å². The molecule has 1 aromatic rings. The summed E-state index contributed by atoms with van der Waals surface area (Å²) < 4.78 is 0. The van der Waals surface area contributed by atoms with Crippen molar-refractivity contribution < 1.29 is 0 Å². The van der Waals surface area contributed by atoms with Crippen molar-refractivity contribution in [2.45, 2.75) is 32.7 Å². The minimum absolute atomic E-state index is 0.333. The normalized spacial score (nSPS) is 15.9. The molecule has 0 saturated carbocycles. The van der Waals surface area contributed by atoms with Crippen LogP contribution in [0, 0.1) is 5.92 Å².